The Hall–Kier alpha value is -1.59. The number of benzene rings is 1. The zero-order valence-corrected chi connectivity index (χ0v) is 14.2. The second kappa shape index (κ2) is 7.99. The second-order valence-corrected chi connectivity index (χ2v) is 7.16. The molecule has 5 heteroatoms. The highest BCUT2D eigenvalue weighted by Gasteiger charge is 2.34. The van der Waals surface area contributed by atoms with Crippen molar-refractivity contribution in [2.75, 3.05) is 19.8 Å². The lowest BCUT2D eigenvalue weighted by Crippen LogP contribution is -2.50. The van der Waals surface area contributed by atoms with Crippen LogP contribution in [0.4, 0.5) is 4.79 Å². The predicted octanol–water partition coefficient (Wildman–Crippen LogP) is 2.76. The zero-order valence-electron chi connectivity index (χ0n) is 14.2. The highest BCUT2D eigenvalue weighted by Crippen LogP contribution is 2.31. The number of carbonyl (C=O) groups excluding carboxylic acids is 1. The van der Waals surface area contributed by atoms with Crippen LogP contribution in [-0.4, -0.2) is 36.5 Å². The maximum atomic E-state index is 12.3. The van der Waals surface area contributed by atoms with Gasteiger partial charge in [-0.25, -0.2) is 4.79 Å². The first-order valence-corrected chi connectivity index (χ1v) is 9.04. The van der Waals surface area contributed by atoms with Crippen molar-refractivity contribution in [3.8, 4) is 0 Å². The number of hydrogen-bond acceptors (Lipinski definition) is 3. The average molecular weight is 332 g/mol. The lowest BCUT2D eigenvalue weighted by Gasteiger charge is -2.36. The number of hydrogen-bond donors (Lipinski definition) is 3. The minimum atomic E-state index is -0.694. The molecule has 1 unspecified atom stereocenters. The van der Waals surface area contributed by atoms with E-state index in [0.717, 1.165) is 57.3 Å². The minimum absolute atomic E-state index is 0.00895. The molecule has 0 aromatic heterocycles. The molecule has 5 nitrogen and oxygen atoms in total. The molecule has 1 aromatic rings. The molecular weight excluding hydrogens is 304 g/mol. The third kappa shape index (κ3) is 4.71. The van der Waals surface area contributed by atoms with Gasteiger partial charge >= 0.3 is 6.03 Å². The summed E-state index contributed by atoms with van der Waals surface area (Å²) < 4.78 is 5.44. The molecule has 1 saturated carbocycles. The quantitative estimate of drug-likeness (QED) is 0.750. The molecule has 1 saturated heterocycles. The fourth-order valence-corrected chi connectivity index (χ4v) is 3.49. The van der Waals surface area contributed by atoms with Gasteiger partial charge in [0.1, 0.15) is 0 Å². The molecule has 1 aliphatic carbocycles. The lowest BCUT2D eigenvalue weighted by molar-refractivity contribution is -0.0290. The Labute approximate surface area is 143 Å². The fourth-order valence-electron chi connectivity index (χ4n) is 3.49. The van der Waals surface area contributed by atoms with Gasteiger partial charge in [0, 0.05) is 19.8 Å². The summed E-state index contributed by atoms with van der Waals surface area (Å²) in [5.74, 6) is 0.570. The molecule has 2 amide bonds. The molecule has 24 heavy (non-hydrogen) atoms. The average Bonchev–Trinajstić information content (AvgIpc) is 2.59. The third-order valence-electron chi connectivity index (χ3n) is 5.28. The molecule has 1 aliphatic heterocycles. The van der Waals surface area contributed by atoms with Crippen LogP contribution >= 0.6 is 0 Å². The van der Waals surface area contributed by atoms with Crippen molar-refractivity contribution in [3.05, 3.63) is 35.9 Å². The van der Waals surface area contributed by atoms with E-state index in [4.69, 9.17) is 4.74 Å². The smallest absolute Gasteiger partial charge is 0.315 e. The van der Waals surface area contributed by atoms with Crippen LogP contribution in [0.3, 0.4) is 0 Å². The molecule has 2 aliphatic rings. The van der Waals surface area contributed by atoms with Crippen molar-refractivity contribution in [2.45, 2.75) is 50.2 Å². The number of aliphatic hydroxyl groups is 1. The molecule has 0 spiro atoms. The topological polar surface area (TPSA) is 70.6 Å². The van der Waals surface area contributed by atoms with Crippen LogP contribution < -0.4 is 10.6 Å². The Bertz CT molecular complexity index is 525. The Morgan fingerprint density at radius 2 is 1.96 bits per heavy atom. The first-order chi connectivity index (χ1) is 11.6. The molecule has 0 bridgehead atoms. The van der Waals surface area contributed by atoms with Crippen molar-refractivity contribution in [1.82, 2.24) is 10.6 Å². The van der Waals surface area contributed by atoms with Gasteiger partial charge < -0.3 is 20.5 Å². The Morgan fingerprint density at radius 1 is 1.25 bits per heavy atom. The zero-order chi connectivity index (χ0) is 16.8. The molecule has 1 aromatic carbocycles. The first-order valence-electron chi connectivity index (χ1n) is 9.04. The number of urea groups is 1. The van der Waals surface area contributed by atoms with E-state index in [-0.39, 0.29) is 12.1 Å². The van der Waals surface area contributed by atoms with Crippen LogP contribution in [0.1, 0.15) is 50.1 Å². The highest BCUT2D eigenvalue weighted by atomic mass is 16.5. The van der Waals surface area contributed by atoms with Crippen LogP contribution in [0.15, 0.2) is 30.3 Å². The van der Waals surface area contributed by atoms with Gasteiger partial charge in [-0.3, -0.25) is 0 Å². The van der Waals surface area contributed by atoms with Gasteiger partial charge in [0.2, 0.25) is 0 Å². The summed E-state index contributed by atoms with van der Waals surface area (Å²) in [5.41, 5.74) is 0.432. The molecule has 3 rings (SSSR count). The van der Waals surface area contributed by atoms with Crippen molar-refractivity contribution in [1.29, 1.82) is 0 Å². The summed E-state index contributed by atoms with van der Waals surface area (Å²) in [5, 5.41) is 16.1. The number of rotatable bonds is 6. The van der Waals surface area contributed by atoms with Crippen LogP contribution in [0.2, 0.25) is 0 Å². The van der Waals surface area contributed by atoms with Gasteiger partial charge in [-0.15, -0.1) is 0 Å². The second-order valence-electron chi connectivity index (χ2n) is 7.16. The Balaban J connectivity index is 1.57. The van der Waals surface area contributed by atoms with E-state index < -0.39 is 5.60 Å². The minimum Gasteiger partial charge on any atom is -0.388 e. The van der Waals surface area contributed by atoms with Gasteiger partial charge in [0.25, 0.3) is 0 Å². The van der Waals surface area contributed by atoms with Gasteiger partial charge in [0.15, 0.2) is 0 Å². The number of carbonyl (C=O) groups is 1. The van der Waals surface area contributed by atoms with Crippen LogP contribution in [0.5, 0.6) is 0 Å². The van der Waals surface area contributed by atoms with Gasteiger partial charge in [-0.1, -0.05) is 30.3 Å². The van der Waals surface area contributed by atoms with Crippen LogP contribution in [0.25, 0.3) is 0 Å². The summed E-state index contributed by atoms with van der Waals surface area (Å²) in [6.45, 7) is 1.95. The lowest BCUT2D eigenvalue weighted by atomic mass is 9.80. The number of amides is 2. The predicted molar refractivity (Wildman–Crippen MR) is 92.7 cm³/mol. The van der Waals surface area contributed by atoms with E-state index in [1.165, 1.54) is 0 Å². The SMILES string of the molecule is O=C(NCC1(O)CCC1)NC(CC1CCOCC1)c1ccccc1. The molecular formula is C19H28N2O3. The van der Waals surface area contributed by atoms with Crippen molar-refractivity contribution >= 4 is 6.03 Å². The van der Waals surface area contributed by atoms with Crippen LogP contribution in [0, 0.1) is 5.92 Å². The maximum absolute atomic E-state index is 12.3. The molecule has 2 fully saturated rings. The summed E-state index contributed by atoms with van der Waals surface area (Å²) in [6, 6.07) is 9.90. The summed E-state index contributed by atoms with van der Waals surface area (Å²) >= 11 is 0. The summed E-state index contributed by atoms with van der Waals surface area (Å²) in [6.07, 6.45) is 5.61. The largest absolute Gasteiger partial charge is 0.388 e. The van der Waals surface area contributed by atoms with Crippen molar-refractivity contribution in [3.63, 3.8) is 0 Å². The molecule has 1 heterocycles. The maximum Gasteiger partial charge on any atom is 0.315 e. The number of ether oxygens (including phenoxy) is 1. The summed E-state index contributed by atoms with van der Waals surface area (Å²) in [7, 11) is 0. The van der Waals surface area contributed by atoms with E-state index >= 15 is 0 Å². The molecule has 1 atom stereocenters. The van der Waals surface area contributed by atoms with Gasteiger partial charge in [-0.05, 0) is 50.0 Å². The van der Waals surface area contributed by atoms with E-state index in [2.05, 4.69) is 22.8 Å². The fraction of sp³-hybridized carbons (Fsp3) is 0.632. The molecule has 3 N–H and O–H groups in total. The first kappa shape index (κ1) is 17.2. The third-order valence-corrected chi connectivity index (χ3v) is 5.28. The monoisotopic (exact) mass is 332 g/mol. The van der Waals surface area contributed by atoms with Gasteiger partial charge in [-0.2, -0.15) is 0 Å². The van der Waals surface area contributed by atoms with E-state index in [1.54, 1.807) is 0 Å². The Morgan fingerprint density at radius 3 is 2.58 bits per heavy atom. The van der Waals surface area contributed by atoms with Gasteiger partial charge in [0.05, 0.1) is 11.6 Å². The van der Waals surface area contributed by atoms with E-state index in [0.29, 0.717) is 12.5 Å². The standard InChI is InChI=1S/C19H28N2O3/c22-18(20-14-19(23)9-4-10-19)21-17(16-5-2-1-3-6-16)13-15-7-11-24-12-8-15/h1-3,5-6,15,17,23H,4,7-14H2,(H2,20,21,22). The Kier molecular flexibility index (Phi) is 5.74. The summed E-state index contributed by atoms with van der Waals surface area (Å²) in [4.78, 5) is 12.3. The molecule has 132 valence electrons. The molecule has 0 radical (unpaired) electrons. The normalized spacial score (nSPS) is 21.5. The van der Waals surface area contributed by atoms with Crippen molar-refractivity contribution < 1.29 is 14.6 Å². The van der Waals surface area contributed by atoms with E-state index in [1.807, 2.05) is 18.2 Å². The highest BCUT2D eigenvalue weighted by molar-refractivity contribution is 5.74. The number of nitrogens with one attached hydrogen (secondary N) is 2. The van der Waals surface area contributed by atoms with E-state index in [9.17, 15) is 9.90 Å². The van der Waals surface area contributed by atoms with Crippen molar-refractivity contribution in [2.24, 2.45) is 5.92 Å². The van der Waals surface area contributed by atoms with Crippen LogP contribution in [-0.2, 0) is 4.74 Å².